The van der Waals surface area contributed by atoms with Gasteiger partial charge in [-0.15, -0.1) is 0 Å². The van der Waals surface area contributed by atoms with Crippen LogP contribution in [0.1, 0.15) is 38.5 Å². The van der Waals surface area contributed by atoms with Crippen LogP contribution in [0.4, 0.5) is 0 Å². The minimum absolute atomic E-state index is 0.133. The van der Waals surface area contributed by atoms with E-state index in [0.717, 1.165) is 25.1 Å². The molecule has 0 bridgehead atoms. The molecular formula is C26H29N3O3S. The second-order valence-electron chi connectivity index (χ2n) is 8.88. The van der Waals surface area contributed by atoms with Crippen LogP contribution in [-0.2, 0) is 4.79 Å². The summed E-state index contributed by atoms with van der Waals surface area (Å²) in [7, 11) is 1.61. The van der Waals surface area contributed by atoms with Crippen LogP contribution in [0.5, 0.6) is 5.75 Å². The number of rotatable bonds is 5. The Hall–Kier alpha value is -2.80. The topological polar surface area (TPSA) is 64.4 Å². The van der Waals surface area contributed by atoms with E-state index in [9.17, 15) is 9.59 Å². The number of methoxy groups -OCH3 is 1. The summed E-state index contributed by atoms with van der Waals surface area (Å²) < 4.78 is 6.88. The molecule has 2 heterocycles. The van der Waals surface area contributed by atoms with Gasteiger partial charge in [0, 0.05) is 12.6 Å². The van der Waals surface area contributed by atoms with Gasteiger partial charge >= 0.3 is 0 Å². The molecule has 1 aliphatic heterocycles. The van der Waals surface area contributed by atoms with Gasteiger partial charge in [0.25, 0.3) is 5.56 Å². The number of benzene rings is 2. The molecule has 0 radical (unpaired) electrons. The minimum Gasteiger partial charge on any atom is -0.497 e. The molecule has 33 heavy (non-hydrogen) atoms. The Morgan fingerprint density at radius 3 is 2.64 bits per heavy atom. The van der Waals surface area contributed by atoms with Crippen molar-refractivity contribution in [3.05, 3.63) is 58.9 Å². The predicted octanol–water partition coefficient (Wildman–Crippen LogP) is 4.67. The van der Waals surface area contributed by atoms with Gasteiger partial charge in [-0.1, -0.05) is 36.7 Å². The van der Waals surface area contributed by atoms with E-state index in [2.05, 4.69) is 4.90 Å². The lowest BCUT2D eigenvalue weighted by molar-refractivity contribution is -0.134. The second-order valence-corrected chi connectivity index (χ2v) is 9.82. The quantitative estimate of drug-likeness (QED) is 0.407. The molecule has 3 aromatic rings. The molecule has 2 fully saturated rings. The molecule has 1 aliphatic carbocycles. The molecule has 1 saturated carbocycles. The number of para-hydroxylation sites is 1. The molecule has 7 heteroatoms. The molecule has 0 N–H and O–H groups in total. The van der Waals surface area contributed by atoms with Crippen molar-refractivity contribution < 1.29 is 9.53 Å². The maximum atomic E-state index is 13.4. The van der Waals surface area contributed by atoms with E-state index < -0.39 is 0 Å². The van der Waals surface area contributed by atoms with Crippen LogP contribution in [0.3, 0.4) is 0 Å². The van der Waals surface area contributed by atoms with Crippen molar-refractivity contribution in [2.24, 2.45) is 5.92 Å². The lowest BCUT2D eigenvalue weighted by atomic mass is 9.78. The van der Waals surface area contributed by atoms with Crippen molar-refractivity contribution in [2.45, 2.75) is 49.7 Å². The SMILES string of the molecule is COc1ccc(-n2c(SCC(=O)N3CCCC4CCCCC43)nc3ccccc3c2=O)cc1. The summed E-state index contributed by atoms with van der Waals surface area (Å²) >= 11 is 1.35. The molecule has 172 valence electrons. The first-order valence-electron chi connectivity index (χ1n) is 11.7. The largest absolute Gasteiger partial charge is 0.497 e. The van der Waals surface area contributed by atoms with E-state index in [0.29, 0.717) is 33.7 Å². The number of aromatic nitrogens is 2. The average Bonchev–Trinajstić information content (AvgIpc) is 2.87. The molecule has 2 aromatic carbocycles. The summed E-state index contributed by atoms with van der Waals surface area (Å²) in [6.45, 7) is 0.844. The van der Waals surface area contributed by atoms with Gasteiger partial charge in [0.2, 0.25) is 5.91 Å². The lowest BCUT2D eigenvalue weighted by Gasteiger charge is -2.44. The first-order valence-corrected chi connectivity index (χ1v) is 12.7. The summed E-state index contributed by atoms with van der Waals surface area (Å²) in [5.74, 6) is 1.81. The summed E-state index contributed by atoms with van der Waals surface area (Å²) in [6.07, 6.45) is 7.18. The van der Waals surface area contributed by atoms with Crippen LogP contribution >= 0.6 is 11.8 Å². The van der Waals surface area contributed by atoms with Crippen molar-refractivity contribution in [2.75, 3.05) is 19.4 Å². The molecule has 1 amide bonds. The normalized spacial score (nSPS) is 20.5. The van der Waals surface area contributed by atoms with Crippen LogP contribution in [-0.4, -0.2) is 45.8 Å². The first kappa shape index (κ1) is 22.0. The molecule has 5 rings (SSSR count). The highest BCUT2D eigenvalue weighted by Crippen LogP contribution is 2.36. The van der Waals surface area contributed by atoms with Gasteiger partial charge in [-0.05, 0) is 68.0 Å². The van der Waals surface area contributed by atoms with Crippen molar-refractivity contribution >= 4 is 28.6 Å². The van der Waals surface area contributed by atoms with Gasteiger partial charge < -0.3 is 9.64 Å². The number of ether oxygens (including phenoxy) is 1. The highest BCUT2D eigenvalue weighted by molar-refractivity contribution is 7.99. The third-order valence-corrected chi connectivity index (χ3v) is 7.89. The molecule has 0 spiro atoms. The smallest absolute Gasteiger partial charge is 0.266 e. The molecule has 1 aromatic heterocycles. The lowest BCUT2D eigenvalue weighted by Crippen LogP contribution is -2.50. The Labute approximate surface area is 198 Å². The summed E-state index contributed by atoms with van der Waals surface area (Å²) in [5, 5.41) is 1.10. The van der Waals surface area contributed by atoms with Gasteiger partial charge in [0.05, 0.1) is 29.5 Å². The zero-order valence-electron chi connectivity index (χ0n) is 18.9. The van der Waals surface area contributed by atoms with E-state index >= 15 is 0 Å². The van der Waals surface area contributed by atoms with Crippen LogP contribution in [0.2, 0.25) is 0 Å². The minimum atomic E-state index is -0.133. The number of piperidine rings is 1. The van der Waals surface area contributed by atoms with Gasteiger partial charge in [0.1, 0.15) is 5.75 Å². The number of thioether (sulfide) groups is 1. The molecular weight excluding hydrogens is 434 g/mol. The van der Waals surface area contributed by atoms with Gasteiger partial charge in [-0.25, -0.2) is 4.98 Å². The van der Waals surface area contributed by atoms with Crippen molar-refractivity contribution in [3.63, 3.8) is 0 Å². The Balaban J connectivity index is 1.45. The molecule has 2 atom stereocenters. The number of hydrogen-bond acceptors (Lipinski definition) is 5. The van der Waals surface area contributed by atoms with E-state index in [1.807, 2.05) is 42.5 Å². The fourth-order valence-electron chi connectivity index (χ4n) is 5.31. The van der Waals surface area contributed by atoms with Crippen molar-refractivity contribution in [3.8, 4) is 11.4 Å². The van der Waals surface area contributed by atoms with Crippen molar-refractivity contribution in [1.29, 1.82) is 0 Å². The summed E-state index contributed by atoms with van der Waals surface area (Å²) in [6, 6.07) is 15.1. The number of amides is 1. The third-order valence-electron chi connectivity index (χ3n) is 6.96. The highest BCUT2D eigenvalue weighted by Gasteiger charge is 2.35. The number of fused-ring (bicyclic) bond motifs is 2. The maximum absolute atomic E-state index is 13.4. The monoisotopic (exact) mass is 463 g/mol. The maximum Gasteiger partial charge on any atom is 0.266 e. The second kappa shape index (κ2) is 9.59. The predicted molar refractivity (Wildman–Crippen MR) is 131 cm³/mol. The first-order chi connectivity index (χ1) is 16.2. The summed E-state index contributed by atoms with van der Waals surface area (Å²) in [4.78, 5) is 33.6. The number of nitrogens with zero attached hydrogens (tertiary/aromatic N) is 3. The highest BCUT2D eigenvalue weighted by atomic mass is 32.2. The third kappa shape index (κ3) is 4.38. The Morgan fingerprint density at radius 1 is 1.06 bits per heavy atom. The van der Waals surface area contributed by atoms with Gasteiger partial charge in [0.15, 0.2) is 5.16 Å². The Kier molecular flexibility index (Phi) is 6.40. The van der Waals surface area contributed by atoms with Gasteiger partial charge in [-0.3, -0.25) is 14.2 Å². The van der Waals surface area contributed by atoms with E-state index in [-0.39, 0.29) is 17.2 Å². The summed E-state index contributed by atoms with van der Waals surface area (Å²) in [5.41, 5.74) is 1.22. The number of hydrogen-bond donors (Lipinski definition) is 0. The van der Waals surface area contributed by atoms with Crippen LogP contribution in [0.15, 0.2) is 58.5 Å². The Morgan fingerprint density at radius 2 is 1.82 bits per heavy atom. The van der Waals surface area contributed by atoms with E-state index in [4.69, 9.17) is 9.72 Å². The zero-order chi connectivity index (χ0) is 22.8. The van der Waals surface area contributed by atoms with Crippen molar-refractivity contribution in [1.82, 2.24) is 14.5 Å². The molecule has 1 saturated heterocycles. The van der Waals surface area contributed by atoms with Crippen LogP contribution in [0, 0.1) is 5.92 Å². The average molecular weight is 464 g/mol. The van der Waals surface area contributed by atoms with E-state index in [1.54, 1.807) is 17.7 Å². The number of carbonyl (C=O) groups excluding carboxylic acids is 1. The fourth-order valence-corrected chi connectivity index (χ4v) is 6.21. The van der Waals surface area contributed by atoms with Crippen LogP contribution < -0.4 is 10.3 Å². The molecule has 2 aliphatic rings. The number of carbonyl (C=O) groups is 1. The molecule has 6 nitrogen and oxygen atoms in total. The van der Waals surface area contributed by atoms with Gasteiger partial charge in [-0.2, -0.15) is 0 Å². The van der Waals surface area contributed by atoms with E-state index in [1.165, 1.54) is 37.4 Å². The molecule has 2 unspecified atom stereocenters. The zero-order valence-corrected chi connectivity index (χ0v) is 19.7. The standard InChI is InChI=1S/C26H29N3O3S/c1-32-20-14-12-19(13-15-20)29-25(31)21-9-3-4-10-22(21)27-26(29)33-17-24(30)28-16-6-8-18-7-2-5-11-23(18)28/h3-4,9-10,12-15,18,23H,2,5-8,11,16-17H2,1H3. The Bertz CT molecular complexity index is 1210. The number of likely N-dealkylation sites (tertiary alicyclic amines) is 1. The fraction of sp³-hybridized carbons (Fsp3) is 0.423. The van der Waals surface area contributed by atoms with Crippen LogP contribution in [0.25, 0.3) is 16.6 Å².